The molecule has 12 heteroatoms. The Morgan fingerprint density at radius 1 is 1.07 bits per heavy atom. The molecule has 1 aromatic heterocycles. The molecule has 1 aliphatic heterocycles. The topological polar surface area (TPSA) is 124 Å². The van der Waals surface area contributed by atoms with Gasteiger partial charge in [-0.2, -0.15) is 0 Å². The smallest absolute Gasteiger partial charge is 0.262 e. The number of hydrogen-bond donors (Lipinski definition) is 1. The summed E-state index contributed by atoms with van der Waals surface area (Å²) in [5.74, 6) is 0.175. The van der Waals surface area contributed by atoms with Crippen molar-refractivity contribution >= 4 is 54.4 Å². The average Bonchev–Trinajstić information content (AvgIpc) is 3.31. The van der Waals surface area contributed by atoms with Crippen molar-refractivity contribution in [3.8, 4) is 17.2 Å². The molecule has 0 saturated carbocycles. The van der Waals surface area contributed by atoms with E-state index in [4.69, 9.17) is 14.2 Å². The Kier molecular flexibility index (Phi) is 9.12. The summed E-state index contributed by atoms with van der Waals surface area (Å²) in [6.45, 7) is 6.55. The fourth-order valence-corrected chi connectivity index (χ4v) is 6.98. The van der Waals surface area contributed by atoms with E-state index >= 15 is 0 Å². The molecule has 0 radical (unpaired) electrons. The minimum atomic E-state index is -4.01. The molecule has 4 aromatic rings. The molecule has 0 spiro atoms. The van der Waals surface area contributed by atoms with Crippen LogP contribution >= 0.6 is 15.9 Å². The molecule has 0 atom stereocenters. The molecule has 10 nitrogen and oxygen atoms in total. The van der Waals surface area contributed by atoms with Crippen molar-refractivity contribution in [1.82, 2.24) is 9.71 Å². The summed E-state index contributed by atoms with van der Waals surface area (Å²) in [5, 5.41) is 0.699. The van der Waals surface area contributed by atoms with Crippen molar-refractivity contribution in [2.75, 3.05) is 25.2 Å². The zero-order valence-corrected chi connectivity index (χ0v) is 27.2. The third-order valence-electron chi connectivity index (χ3n) is 7.19. The van der Waals surface area contributed by atoms with Gasteiger partial charge in [0, 0.05) is 32.9 Å². The Morgan fingerprint density at radius 3 is 2.52 bits per heavy atom. The summed E-state index contributed by atoms with van der Waals surface area (Å²) in [5.41, 5.74) is 4.10. The van der Waals surface area contributed by atoms with Gasteiger partial charge in [-0.1, -0.05) is 28.1 Å². The summed E-state index contributed by atoms with van der Waals surface area (Å²) in [6, 6.07) is 13.9. The molecule has 0 saturated heterocycles. The predicted molar refractivity (Wildman–Crippen MR) is 171 cm³/mol. The molecule has 230 valence electrons. The summed E-state index contributed by atoms with van der Waals surface area (Å²) >= 11 is 3.36. The van der Waals surface area contributed by atoms with E-state index in [1.165, 1.54) is 7.11 Å². The van der Waals surface area contributed by atoms with Crippen LogP contribution in [0.3, 0.4) is 0 Å². The highest BCUT2D eigenvalue weighted by Gasteiger charge is 2.37. The molecular weight excluding hydrogens is 650 g/mol. The lowest BCUT2D eigenvalue weighted by Crippen LogP contribution is -2.33. The van der Waals surface area contributed by atoms with Crippen molar-refractivity contribution in [3.63, 3.8) is 0 Å². The zero-order valence-electron chi connectivity index (χ0n) is 24.8. The van der Waals surface area contributed by atoms with Gasteiger partial charge < -0.3 is 19.1 Å². The highest BCUT2D eigenvalue weighted by molar-refractivity contribution is 9.10. The molecule has 5 rings (SSSR count). The van der Waals surface area contributed by atoms with Gasteiger partial charge in [0.15, 0.2) is 5.75 Å². The number of rotatable bonds is 11. The number of carbonyl (C=O) groups is 2. The van der Waals surface area contributed by atoms with Gasteiger partial charge in [-0.3, -0.25) is 19.3 Å². The van der Waals surface area contributed by atoms with E-state index in [9.17, 15) is 18.0 Å². The van der Waals surface area contributed by atoms with Crippen LogP contribution in [0.1, 0.15) is 46.5 Å². The number of hydrogen-bond acceptors (Lipinski definition) is 8. The van der Waals surface area contributed by atoms with Gasteiger partial charge in [0.1, 0.15) is 17.0 Å². The monoisotopic (exact) mass is 681 g/mol. The lowest BCUT2D eigenvalue weighted by Gasteiger charge is -2.19. The molecule has 0 bridgehead atoms. The molecule has 1 N–H and O–H groups in total. The Hall–Kier alpha value is -4.16. The van der Waals surface area contributed by atoms with Gasteiger partial charge in [0.05, 0.1) is 44.6 Å². The fourth-order valence-electron chi connectivity index (χ4n) is 5.46. The standard InChI is InChI=1S/C32H32BrN3O7S/c1-5-42-30-23-8-7-13-34-29(23)31(43-6-2)24-17-36(32(38)28(24)30)25-11-9-20(14-19(25)3)18-44(39,40)35-27(37)16-21-15-22(33)10-12-26(21)41-4/h7-15H,5-6,16-18H2,1-4H3,(H,35,37). The number of pyridine rings is 1. The summed E-state index contributed by atoms with van der Waals surface area (Å²) < 4.78 is 46.0. The Balaban J connectivity index is 1.38. The van der Waals surface area contributed by atoms with Crippen LogP contribution in [0.25, 0.3) is 10.9 Å². The number of ether oxygens (including phenoxy) is 3. The fraction of sp³-hybridized carbons (Fsp3) is 0.281. The van der Waals surface area contributed by atoms with Crippen LogP contribution in [0.15, 0.2) is 59.2 Å². The second-order valence-electron chi connectivity index (χ2n) is 10.2. The Bertz CT molecular complexity index is 1880. The molecule has 2 amide bonds. The highest BCUT2D eigenvalue weighted by atomic mass is 79.9. The van der Waals surface area contributed by atoms with Crippen molar-refractivity contribution in [2.24, 2.45) is 0 Å². The first kappa shape index (κ1) is 31.3. The second kappa shape index (κ2) is 12.8. The number of benzene rings is 3. The molecule has 2 heterocycles. The molecule has 44 heavy (non-hydrogen) atoms. The largest absolute Gasteiger partial charge is 0.496 e. The van der Waals surface area contributed by atoms with Gasteiger partial charge in [-0.15, -0.1) is 0 Å². The predicted octanol–water partition coefficient (Wildman–Crippen LogP) is 5.46. The minimum absolute atomic E-state index is 0.171. The van der Waals surface area contributed by atoms with E-state index in [0.717, 1.165) is 4.47 Å². The van der Waals surface area contributed by atoms with E-state index in [1.54, 1.807) is 53.6 Å². The van der Waals surface area contributed by atoms with Crippen LogP contribution in [0.2, 0.25) is 0 Å². The maximum atomic E-state index is 13.9. The third kappa shape index (κ3) is 6.22. The van der Waals surface area contributed by atoms with Crippen LogP contribution in [0.5, 0.6) is 17.2 Å². The van der Waals surface area contributed by atoms with Crippen LogP contribution in [0, 0.1) is 6.92 Å². The van der Waals surface area contributed by atoms with Gasteiger partial charge in [-0.25, -0.2) is 8.42 Å². The van der Waals surface area contributed by atoms with Gasteiger partial charge >= 0.3 is 0 Å². The lowest BCUT2D eigenvalue weighted by molar-refractivity contribution is -0.118. The maximum absolute atomic E-state index is 13.9. The maximum Gasteiger partial charge on any atom is 0.262 e. The number of fused-ring (bicyclic) bond motifs is 2. The first-order chi connectivity index (χ1) is 21.1. The quantitative estimate of drug-likeness (QED) is 0.221. The second-order valence-corrected chi connectivity index (χ2v) is 12.8. The lowest BCUT2D eigenvalue weighted by atomic mass is 10.0. The summed E-state index contributed by atoms with van der Waals surface area (Å²) in [4.78, 5) is 32.7. The minimum Gasteiger partial charge on any atom is -0.496 e. The van der Waals surface area contributed by atoms with Crippen molar-refractivity contribution in [3.05, 3.63) is 87.0 Å². The normalized spacial score (nSPS) is 12.8. The summed E-state index contributed by atoms with van der Waals surface area (Å²) in [7, 11) is -2.52. The highest BCUT2D eigenvalue weighted by Crippen LogP contribution is 2.45. The number of carbonyl (C=O) groups excluding carboxylic acids is 2. The van der Waals surface area contributed by atoms with Crippen LogP contribution in [-0.4, -0.2) is 45.5 Å². The summed E-state index contributed by atoms with van der Waals surface area (Å²) in [6.07, 6.45) is 1.51. The number of aryl methyl sites for hydroxylation is 1. The van der Waals surface area contributed by atoms with E-state index in [0.29, 0.717) is 74.9 Å². The van der Waals surface area contributed by atoms with E-state index in [1.807, 2.05) is 26.8 Å². The van der Waals surface area contributed by atoms with E-state index < -0.39 is 21.7 Å². The zero-order chi connectivity index (χ0) is 31.6. The number of anilines is 1. The number of sulfonamides is 1. The van der Waals surface area contributed by atoms with Gasteiger partial charge in [0.2, 0.25) is 15.9 Å². The molecule has 3 aromatic carbocycles. The van der Waals surface area contributed by atoms with Gasteiger partial charge in [0.25, 0.3) is 5.91 Å². The number of halogens is 1. The van der Waals surface area contributed by atoms with Crippen molar-refractivity contribution in [2.45, 2.75) is 39.5 Å². The number of nitrogens with one attached hydrogen (secondary N) is 1. The SMILES string of the molecule is CCOc1c2c(c(OCC)c3ncccc13)CN(c1ccc(CS(=O)(=O)NC(=O)Cc3cc(Br)ccc3OC)cc1C)C2=O. The Labute approximate surface area is 264 Å². The van der Waals surface area contributed by atoms with E-state index in [2.05, 4.69) is 25.6 Å². The molecule has 0 aliphatic carbocycles. The number of amides is 2. The van der Waals surface area contributed by atoms with Crippen molar-refractivity contribution in [1.29, 1.82) is 0 Å². The average molecular weight is 683 g/mol. The molecule has 0 unspecified atom stereocenters. The number of methoxy groups -OCH3 is 1. The number of nitrogens with zero attached hydrogens (tertiary/aromatic N) is 2. The molecule has 1 aliphatic rings. The molecular formula is C32H32BrN3O7S. The number of aromatic nitrogens is 1. The first-order valence-electron chi connectivity index (χ1n) is 14.0. The Morgan fingerprint density at radius 2 is 1.82 bits per heavy atom. The van der Waals surface area contributed by atoms with E-state index in [-0.39, 0.29) is 18.9 Å². The molecule has 0 fully saturated rings. The third-order valence-corrected chi connectivity index (χ3v) is 8.94. The van der Waals surface area contributed by atoms with Crippen LogP contribution < -0.4 is 23.8 Å². The van der Waals surface area contributed by atoms with Crippen molar-refractivity contribution < 1.29 is 32.2 Å². The first-order valence-corrected chi connectivity index (χ1v) is 16.5. The van der Waals surface area contributed by atoms with Gasteiger partial charge in [-0.05, 0) is 68.3 Å². The van der Waals surface area contributed by atoms with Crippen LogP contribution in [0.4, 0.5) is 5.69 Å². The van der Waals surface area contributed by atoms with Crippen LogP contribution in [-0.2, 0) is 33.5 Å².